The average Bonchev–Trinajstić information content (AvgIpc) is 3.40. The zero-order valence-corrected chi connectivity index (χ0v) is 15.6. The Balaban J connectivity index is 1.44. The number of nitrogens with one attached hydrogen (secondary N) is 2. The van der Waals surface area contributed by atoms with Crippen LogP contribution in [-0.4, -0.2) is 24.5 Å². The van der Waals surface area contributed by atoms with E-state index in [-0.39, 0.29) is 24.3 Å². The van der Waals surface area contributed by atoms with E-state index >= 15 is 0 Å². The Morgan fingerprint density at radius 1 is 1.19 bits per heavy atom. The van der Waals surface area contributed by atoms with Crippen LogP contribution in [0.25, 0.3) is 0 Å². The van der Waals surface area contributed by atoms with Crippen LogP contribution in [0, 0.1) is 11.8 Å². The Labute approximate surface area is 155 Å². The SMILES string of the molecule is CCCCC1CCCC1NC(=O)COc1cccc(NC(=O)C2CC2)c1. The zero-order chi connectivity index (χ0) is 18.4. The lowest BCUT2D eigenvalue weighted by Crippen LogP contribution is -2.40. The standard InChI is InChI=1S/C21H30N2O3/c1-2-3-6-15-7-4-10-19(15)23-20(24)14-26-18-9-5-8-17(13-18)22-21(25)16-11-12-16/h5,8-9,13,15-16,19H,2-4,6-7,10-12,14H2,1H3,(H,22,25)(H,23,24). The third-order valence-electron chi connectivity index (χ3n) is 5.35. The van der Waals surface area contributed by atoms with Crippen LogP contribution in [0.2, 0.25) is 0 Å². The summed E-state index contributed by atoms with van der Waals surface area (Å²) < 4.78 is 5.63. The van der Waals surface area contributed by atoms with Crippen molar-refractivity contribution >= 4 is 17.5 Å². The van der Waals surface area contributed by atoms with Crippen LogP contribution in [0.3, 0.4) is 0 Å². The molecule has 0 saturated heterocycles. The molecular formula is C21H30N2O3. The van der Waals surface area contributed by atoms with Crippen molar-refractivity contribution in [2.75, 3.05) is 11.9 Å². The van der Waals surface area contributed by atoms with Crippen molar-refractivity contribution in [3.8, 4) is 5.75 Å². The molecular weight excluding hydrogens is 328 g/mol. The van der Waals surface area contributed by atoms with E-state index in [1.165, 1.54) is 32.1 Å². The fourth-order valence-electron chi connectivity index (χ4n) is 3.69. The van der Waals surface area contributed by atoms with Gasteiger partial charge in [-0.2, -0.15) is 0 Å². The fourth-order valence-corrected chi connectivity index (χ4v) is 3.69. The molecule has 2 fully saturated rings. The molecule has 5 heteroatoms. The van der Waals surface area contributed by atoms with Gasteiger partial charge in [-0.1, -0.05) is 32.3 Å². The summed E-state index contributed by atoms with van der Waals surface area (Å²) in [4.78, 5) is 24.1. The van der Waals surface area contributed by atoms with Gasteiger partial charge in [-0.3, -0.25) is 9.59 Å². The summed E-state index contributed by atoms with van der Waals surface area (Å²) in [5, 5.41) is 6.04. The van der Waals surface area contributed by atoms with E-state index in [9.17, 15) is 9.59 Å². The molecule has 26 heavy (non-hydrogen) atoms. The van der Waals surface area contributed by atoms with Gasteiger partial charge in [0.1, 0.15) is 5.75 Å². The number of hydrogen-bond acceptors (Lipinski definition) is 3. The van der Waals surface area contributed by atoms with Crippen molar-refractivity contribution in [1.82, 2.24) is 5.32 Å². The third-order valence-corrected chi connectivity index (χ3v) is 5.35. The van der Waals surface area contributed by atoms with Crippen molar-refractivity contribution in [2.45, 2.75) is 64.3 Å². The van der Waals surface area contributed by atoms with E-state index in [4.69, 9.17) is 4.74 Å². The van der Waals surface area contributed by atoms with Gasteiger partial charge in [0.25, 0.3) is 5.91 Å². The van der Waals surface area contributed by atoms with Gasteiger partial charge in [0.05, 0.1) is 0 Å². The van der Waals surface area contributed by atoms with E-state index in [1.807, 2.05) is 12.1 Å². The molecule has 0 spiro atoms. The second kappa shape index (κ2) is 9.06. The zero-order valence-electron chi connectivity index (χ0n) is 15.6. The van der Waals surface area contributed by atoms with Gasteiger partial charge in [-0.05, 0) is 50.2 Å². The topological polar surface area (TPSA) is 67.4 Å². The van der Waals surface area contributed by atoms with Gasteiger partial charge >= 0.3 is 0 Å². The maximum Gasteiger partial charge on any atom is 0.258 e. The summed E-state index contributed by atoms with van der Waals surface area (Å²) in [5.74, 6) is 1.38. The molecule has 2 aliphatic rings. The Morgan fingerprint density at radius 2 is 2.04 bits per heavy atom. The normalized spacial score (nSPS) is 22.0. The molecule has 2 atom stereocenters. The first kappa shape index (κ1) is 18.7. The number of anilines is 1. The molecule has 1 aromatic carbocycles. The van der Waals surface area contributed by atoms with Crippen LogP contribution in [0.4, 0.5) is 5.69 Å². The van der Waals surface area contributed by atoms with Crippen LogP contribution in [0.5, 0.6) is 5.75 Å². The first-order valence-electron chi connectivity index (χ1n) is 9.99. The molecule has 2 unspecified atom stereocenters. The van der Waals surface area contributed by atoms with Crippen LogP contribution in [0.1, 0.15) is 58.3 Å². The van der Waals surface area contributed by atoms with Crippen molar-refractivity contribution < 1.29 is 14.3 Å². The molecule has 0 heterocycles. The minimum Gasteiger partial charge on any atom is -0.484 e. The summed E-state index contributed by atoms with van der Waals surface area (Å²) in [6.45, 7) is 2.22. The first-order chi connectivity index (χ1) is 12.7. The molecule has 2 amide bonds. The first-order valence-corrected chi connectivity index (χ1v) is 9.99. The number of carbonyl (C=O) groups excluding carboxylic acids is 2. The molecule has 1 aromatic rings. The molecule has 2 N–H and O–H groups in total. The maximum absolute atomic E-state index is 12.2. The van der Waals surface area contributed by atoms with Crippen molar-refractivity contribution in [1.29, 1.82) is 0 Å². The van der Waals surface area contributed by atoms with Crippen LogP contribution >= 0.6 is 0 Å². The molecule has 2 aliphatic carbocycles. The number of hydrogen-bond donors (Lipinski definition) is 2. The highest BCUT2D eigenvalue weighted by Gasteiger charge is 2.30. The molecule has 142 valence electrons. The lowest BCUT2D eigenvalue weighted by molar-refractivity contribution is -0.124. The number of rotatable bonds is 9. The highest BCUT2D eigenvalue weighted by atomic mass is 16.5. The second-order valence-corrected chi connectivity index (χ2v) is 7.59. The predicted molar refractivity (Wildman–Crippen MR) is 102 cm³/mol. The number of ether oxygens (including phenoxy) is 1. The van der Waals surface area contributed by atoms with E-state index < -0.39 is 0 Å². The number of unbranched alkanes of at least 4 members (excludes halogenated alkanes) is 1. The van der Waals surface area contributed by atoms with Crippen molar-refractivity contribution in [3.05, 3.63) is 24.3 Å². The summed E-state index contributed by atoms with van der Waals surface area (Å²) in [7, 11) is 0. The minimum atomic E-state index is -0.0641. The molecule has 2 saturated carbocycles. The maximum atomic E-state index is 12.2. The van der Waals surface area contributed by atoms with Gasteiger partial charge in [-0.25, -0.2) is 0 Å². The third kappa shape index (κ3) is 5.48. The van der Waals surface area contributed by atoms with Crippen LogP contribution in [0.15, 0.2) is 24.3 Å². The van der Waals surface area contributed by atoms with Crippen LogP contribution in [-0.2, 0) is 9.59 Å². The number of benzene rings is 1. The van der Waals surface area contributed by atoms with E-state index in [1.54, 1.807) is 12.1 Å². The number of amides is 2. The van der Waals surface area contributed by atoms with Gasteiger partial charge in [-0.15, -0.1) is 0 Å². The summed E-state index contributed by atoms with van der Waals surface area (Å²) in [6.07, 6.45) is 9.07. The van der Waals surface area contributed by atoms with Gasteiger partial charge < -0.3 is 15.4 Å². The Morgan fingerprint density at radius 3 is 2.81 bits per heavy atom. The van der Waals surface area contributed by atoms with Crippen molar-refractivity contribution in [2.24, 2.45) is 11.8 Å². The second-order valence-electron chi connectivity index (χ2n) is 7.59. The molecule has 0 aliphatic heterocycles. The molecule has 0 bridgehead atoms. The Bertz CT molecular complexity index is 627. The number of carbonyl (C=O) groups is 2. The van der Waals surface area contributed by atoms with Gasteiger partial charge in [0.15, 0.2) is 6.61 Å². The smallest absolute Gasteiger partial charge is 0.258 e. The van der Waals surface area contributed by atoms with Crippen LogP contribution < -0.4 is 15.4 Å². The Hall–Kier alpha value is -2.04. The molecule has 0 radical (unpaired) electrons. The van der Waals surface area contributed by atoms with E-state index in [0.29, 0.717) is 17.7 Å². The van der Waals surface area contributed by atoms with E-state index in [2.05, 4.69) is 17.6 Å². The minimum absolute atomic E-state index is 0.0109. The predicted octanol–water partition coefficient (Wildman–Crippen LogP) is 3.89. The van der Waals surface area contributed by atoms with Gasteiger partial charge in [0.2, 0.25) is 5.91 Å². The largest absolute Gasteiger partial charge is 0.484 e. The monoisotopic (exact) mass is 358 g/mol. The summed E-state index contributed by atoms with van der Waals surface area (Å²) >= 11 is 0. The van der Waals surface area contributed by atoms with E-state index in [0.717, 1.165) is 24.9 Å². The van der Waals surface area contributed by atoms with Gasteiger partial charge in [0, 0.05) is 23.7 Å². The lowest BCUT2D eigenvalue weighted by Gasteiger charge is -2.21. The highest BCUT2D eigenvalue weighted by Crippen LogP contribution is 2.31. The molecule has 5 nitrogen and oxygen atoms in total. The molecule has 3 rings (SSSR count). The highest BCUT2D eigenvalue weighted by molar-refractivity contribution is 5.94. The Kier molecular flexibility index (Phi) is 6.53. The summed E-state index contributed by atoms with van der Waals surface area (Å²) in [5.41, 5.74) is 0.718. The fraction of sp³-hybridized carbons (Fsp3) is 0.619. The quantitative estimate of drug-likeness (QED) is 0.704. The molecule has 0 aromatic heterocycles. The lowest BCUT2D eigenvalue weighted by atomic mass is 9.97. The van der Waals surface area contributed by atoms with Crippen molar-refractivity contribution in [3.63, 3.8) is 0 Å². The summed E-state index contributed by atoms with van der Waals surface area (Å²) in [6, 6.07) is 7.53. The average molecular weight is 358 g/mol.